The van der Waals surface area contributed by atoms with E-state index in [0.29, 0.717) is 5.92 Å². The quantitative estimate of drug-likeness (QED) is 0.487. The fourth-order valence-electron chi connectivity index (χ4n) is 0.949. The average molecular weight is 237 g/mol. The van der Waals surface area contributed by atoms with Crippen LogP contribution in [0.25, 0.3) is 0 Å². The van der Waals surface area contributed by atoms with Crippen molar-refractivity contribution in [2.24, 2.45) is 0 Å². The van der Waals surface area contributed by atoms with Gasteiger partial charge in [-0.05, 0) is 0 Å². The summed E-state index contributed by atoms with van der Waals surface area (Å²) >= 11 is 0. The fraction of sp³-hybridized carbons (Fsp3) is 0.300. The van der Waals surface area contributed by atoms with Gasteiger partial charge in [-0.3, -0.25) is 0 Å². The summed E-state index contributed by atoms with van der Waals surface area (Å²) in [5, 5.41) is 0. The van der Waals surface area contributed by atoms with Crippen LogP contribution < -0.4 is 17.0 Å². The predicted octanol–water partition coefficient (Wildman–Crippen LogP) is -0.363. The largest absolute Gasteiger partial charge is 2.00 e. The molecule has 0 amide bonds. The van der Waals surface area contributed by atoms with E-state index in [4.69, 9.17) is 0 Å². The third kappa shape index (κ3) is 4.48. The Morgan fingerprint density at radius 1 is 1.17 bits per heavy atom. The van der Waals surface area contributed by atoms with Crippen molar-refractivity contribution in [1.29, 1.82) is 0 Å². The minimum atomic E-state index is 0. The van der Waals surface area contributed by atoms with E-state index in [1.54, 1.807) is 0 Å². The molecule has 1 unspecified atom stereocenters. The van der Waals surface area contributed by atoms with Crippen LogP contribution >= 0.6 is 0 Å². The molecule has 1 aromatic rings. The molecule has 62 valence electrons. The molecule has 1 rings (SSSR count). The molecule has 0 fully saturated rings. The Bertz CT molecular complexity index is 186. The van der Waals surface area contributed by atoms with Crippen LogP contribution in [-0.4, -0.2) is 23.1 Å². The summed E-state index contributed by atoms with van der Waals surface area (Å²) in [6.45, 7) is 4.30. The fourth-order valence-corrected chi connectivity index (χ4v) is 0.949. The van der Waals surface area contributed by atoms with Gasteiger partial charge < -0.3 is 23.4 Å². The zero-order chi connectivity index (χ0) is 7.40. The zero-order valence-electron chi connectivity index (χ0n) is 7.63. The second kappa shape index (κ2) is 8.08. The number of hydrogen-bond donors (Lipinski definition) is 0. The molecule has 1 aromatic carbocycles. The molecule has 0 aliphatic rings. The topological polar surface area (TPSA) is 0 Å². The molecule has 0 aromatic heterocycles. The monoisotopic (exact) mass is 236 g/mol. The van der Waals surface area contributed by atoms with E-state index in [0.717, 1.165) is 0 Å². The van der Waals surface area contributed by atoms with E-state index >= 15 is 0 Å². The van der Waals surface area contributed by atoms with Gasteiger partial charge in [-0.2, -0.15) is 6.92 Å². The smallest absolute Gasteiger partial charge is 1.00 e. The molecule has 12 heavy (non-hydrogen) atoms. The van der Waals surface area contributed by atoms with Crippen molar-refractivity contribution >= 4 is 23.1 Å². The van der Waals surface area contributed by atoms with Gasteiger partial charge in [0.15, 0.2) is 0 Å². The minimum absolute atomic E-state index is 0. The second-order valence-corrected chi connectivity index (χ2v) is 2.53. The Morgan fingerprint density at radius 3 is 2.08 bits per heavy atom. The van der Waals surface area contributed by atoms with E-state index in [1.165, 1.54) is 5.56 Å². The summed E-state index contributed by atoms with van der Waals surface area (Å²) in [6, 6.07) is 10.5. The first kappa shape index (κ1) is 15.0. The second-order valence-electron chi connectivity index (χ2n) is 2.53. The van der Waals surface area contributed by atoms with Gasteiger partial charge in [0.25, 0.3) is 0 Å². The van der Waals surface area contributed by atoms with Gasteiger partial charge in [0.1, 0.15) is 0 Å². The Kier molecular flexibility index (Phi) is 10.1. The third-order valence-electron chi connectivity index (χ3n) is 1.83. The van der Waals surface area contributed by atoms with Crippen LogP contribution in [0.5, 0.6) is 0 Å². The molecule has 0 saturated heterocycles. The van der Waals surface area contributed by atoms with Crippen molar-refractivity contribution in [3.8, 4) is 0 Å². The van der Waals surface area contributed by atoms with E-state index < -0.39 is 0 Å². The molecular weight excluding hydrogens is 224 g/mol. The van der Waals surface area contributed by atoms with E-state index in [1.807, 2.05) is 6.07 Å². The van der Waals surface area contributed by atoms with Crippen molar-refractivity contribution in [1.82, 2.24) is 0 Å². The zero-order valence-corrected chi connectivity index (χ0v) is 10.6. The summed E-state index contributed by atoms with van der Waals surface area (Å²) in [6.07, 6.45) is 2.20. The van der Waals surface area contributed by atoms with Gasteiger partial charge in [0.2, 0.25) is 0 Å². The minimum Gasteiger partial charge on any atom is -1.00 e. The maximum absolute atomic E-state index is 2.20. The standard InChI is InChI=1S/C10H13.BrH.Mg/c1-3-9(2)10-7-5-4-6-8-10;;/h3-9H,1-2H3;1H;/q-1;;+2/p-1. The predicted molar refractivity (Wildman–Crippen MR) is 50.6 cm³/mol. The van der Waals surface area contributed by atoms with Crippen LogP contribution in [0.3, 0.4) is 0 Å². The van der Waals surface area contributed by atoms with Crippen molar-refractivity contribution in [2.75, 3.05) is 0 Å². The number of hydrogen-bond acceptors (Lipinski definition) is 0. The van der Waals surface area contributed by atoms with Crippen LogP contribution in [0, 0.1) is 6.42 Å². The molecule has 0 spiro atoms. The first-order valence-electron chi connectivity index (χ1n) is 3.69. The van der Waals surface area contributed by atoms with E-state index in [-0.39, 0.29) is 40.0 Å². The van der Waals surface area contributed by atoms with E-state index in [9.17, 15) is 0 Å². The molecule has 0 saturated carbocycles. The summed E-state index contributed by atoms with van der Waals surface area (Å²) in [5.74, 6) is 0.584. The molecule has 0 N–H and O–H groups in total. The Morgan fingerprint density at radius 2 is 1.67 bits per heavy atom. The Labute approximate surface area is 102 Å². The maximum atomic E-state index is 2.20. The maximum Gasteiger partial charge on any atom is 2.00 e. The van der Waals surface area contributed by atoms with Crippen LogP contribution in [0.2, 0.25) is 0 Å². The molecule has 0 aliphatic carbocycles. The van der Waals surface area contributed by atoms with Crippen LogP contribution in [0.4, 0.5) is 0 Å². The first-order chi connectivity index (χ1) is 4.84. The number of rotatable bonds is 2. The summed E-state index contributed by atoms with van der Waals surface area (Å²) in [5.41, 5.74) is 1.39. The molecule has 0 nitrogen and oxygen atoms in total. The number of benzene rings is 1. The molecular formula is C10H13BrMg. The van der Waals surface area contributed by atoms with Crippen LogP contribution in [-0.2, 0) is 0 Å². The van der Waals surface area contributed by atoms with Crippen LogP contribution in [0.1, 0.15) is 25.3 Å². The van der Waals surface area contributed by atoms with Gasteiger partial charge in [-0.25, -0.2) is 0 Å². The van der Waals surface area contributed by atoms with Gasteiger partial charge in [0, 0.05) is 0 Å². The van der Waals surface area contributed by atoms with Crippen molar-refractivity contribution in [3.05, 3.63) is 42.3 Å². The molecule has 0 radical (unpaired) electrons. The van der Waals surface area contributed by atoms with E-state index in [2.05, 4.69) is 44.5 Å². The molecule has 0 heterocycles. The van der Waals surface area contributed by atoms with Crippen molar-refractivity contribution in [2.45, 2.75) is 19.8 Å². The summed E-state index contributed by atoms with van der Waals surface area (Å²) in [4.78, 5) is 0. The number of halogens is 1. The van der Waals surface area contributed by atoms with Crippen molar-refractivity contribution in [3.63, 3.8) is 0 Å². The normalized spacial score (nSPS) is 10.8. The van der Waals surface area contributed by atoms with Crippen molar-refractivity contribution < 1.29 is 17.0 Å². The van der Waals surface area contributed by atoms with Gasteiger partial charge in [-0.1, -0.05) is 42.8 Å². The Hall–Kier alpha value is 0.466. The molecule has 2 heteroatoms. The average Bonchev–Trinajstić information content (AvgIpc) is 2.05. The van der Waals surface area contributed by atoms with Crippen LogP contribution in [0.15, 0.2) is 30.3 Å². The third-order valence-corrected chi connectivity index (χ3v) is 1.83. The SMILES string of the molecule is C[CH-]C(C)c1ccccc1.[Br-].[Mg+2]. The molecule has 0 bridgehead atoms. The summed E-state index contributed by atoms with van der Waals surface area (Å²) in [7, 11) is 0. The van der Waals surface area contributed by atoms with Gasteiger partial charge in [-0.15, -0.1) is 5.92 Å². The molecule has 0 aliphatic heterocycles. The Balaban J connectivity index is 0. The van der Waals surface area contributed by atoms with Gasteiger partial charge >= 0.3 is 23.1 Å². The molecule has 1 atom stereocenters. The summed E-state index contributed by atoms with van der Waals surface area (Å²) < 4.78 is 0. The van der Waals surface area contributed by atoms with Gasteiger partial charge in [0.05, 0.1) is 0 Å². The first-order valence-corrected chi connectivity index (χ1v) is 3.69.